The summed E-state index contributed by atoms with van der Waals surface area (Å²) in [5.41, 5.74) is 6.80. The highest BCUT2D eigenvalue weighted by molar-refractivity contribution is 4.81. The number of hydrogen-bond donors (Lipinski definition) is 1. The van der Waals surface area contributed by atoms with Crippen LogP contribution in [0.1, 0.15) is 73.1 Å². The van der Waals surface area contributed by atoms with Crippen LogP contribution in [0.25, 0.3) is 0 Å². The summed E-state index contributed by atoms with van der Waals surface area (Å²) in [4.78, 5) is 2.68. The van der Waals surface area contributed by atoms with E-state index >= 15 is 0 Å². The molecular weight excluding hydrogens is 244 g/mol. The lowest BCUT2D eigenvalue weighted by molar-refractivity contribution is 0.108. The smallest absolute Gasteiger partial charge is 0.00135 e. The van der Waals surface area contributed by atoms with Crippen molar-refractivity contribution in [3.8, 4) is 0 Å². The van der Waals surface area contributed by atoms with E-state index in [9.17, 15) is 0 Å². The zero-order chi connectivity index (χ0) is 15.2. The largest absolute Gasteiger partial charge is 0.330 e. The molecule has 2 nitrogen and oxygen atoms in total. The van der Waals surface area contributed by atoms with Crippen molar-refractivity contribution < 1.29 is 0 Å². The molecule has 0 aromatic carbocycles. The number of nitrogens with zero attached hydrogens (tertiary/aromatic N) is 1. The van der Waals surface area contributed by atoms with E-state index in [4.69, 9.17) is 5.73 Å². The first kappa shape index (κ1) is 18.0. The Morgan fingerprint density at radius 3 is 2.20 bits per heavy atom. The molecular formula is C18H38N2. The third kappa shape index (κ3) is 5.73. The van der Waals surface area contributed by atoms with E-state index in [1.165, 1.54) is 58.2 Å². The van der Waals surface area contributed by atoms with Crippen LogP contribution in [-0.4, -0.2) is 31.1 Å². The summed E-state index contributed by atoms with van der Waals surface area (Å²) >= 11 is 0. The van der Waals surface area contributed by atoms with Crippen LogP contribution in [0.5, 0.6) is 0 Å². The Balaban J connectivity index is 2.27. The fourth-order valence-electron chi connectivity index (χ4n) is 3.44. The molecule has 1 unspecified atom stereocenters. The van der Waals surface area contributed by atoms with Crippen molar-refractivity contribution in [2.45, 2.75) is 73.1 Å². The SMILES string of the molecule is CCC1(C)CCN(CCCC(CCN)C(C)(C)C)CC1. The minimum atomic E-state index is 0.405. The molecule has 0 aromatic rings. The first-order chi connectivity index (χ1) is 9.30. The Labute approximate surface area is 127 Å². The molecule has 1 saturated heterocycles. The van der Waals surface area contributed by atoms with Crippen LogP contribution in [0.4, 0.5) is 0 Å². The van der Waals surface area contributed by atoms with Crippen molar-refractivity contribution in [2.75, 3.05) is 26.2 Å². The van der Waals surface area contributed by atoms with Crippen LogP contribution in [0.2, 0.25) is 0 Å². The lowest BCUT2D eigenvalue weighted by Gasteiger charge is -2.39. The van der Waals surface area contributed by atoms with Gasteiger partial charge in [-0.15, -0.1) is 0 Å². The van der Waals surface area contributed by atoms with Gasteiger partial charge in [-0.05, 0) is 75.0 Å². The Bertz CT molecular complexity index is 259. The van der Waals surface area contributed by atoms with Crippen LogP contribution in [-0.2, 0) is 0 Å². The molecule has 1 rings (SSSR count). The Hall–Kier alpha value is -0.0800. The number of likely N-dealkylation sites (tertiary alicyclic amines) is 1. The van der Waals surface area contributed by atoms with E-state index in [2.05, 4.69) is 39.5 Å². The highest BCUT2D eigenvalue weighted by Gasteiger charge is 2.28. The topological polar surface area (TPSA) is 29.3 Å². The predicted octanol–water partition coefficient (Wildman–Crippen LogP) is 4.29. The maximum absolute atomic E-state index is 5.78. The fraction of sp³-hybridized carbons (Fsp3) is 1.00. The molecule has 0 amide bonds. The van der Waals surface area contributed by atoms with E-state index in [-0.39, 0.29) is 0 Å². The molecule has 1 fully saturated rings. The Morgan fingerprint density at radius 2 is 1.75 bits per heavy atom. The van der Waals surface area contributed by atoms with E-state index in [0.29, 0.717) is 10.8 Å². The highest BCUT2D eigenvalue weighted by Crippen LogP contribution is 2.35. The van der Waals surface area contributed by atoms with E-state index in [1.54, 1.807) is 0 Å². The van der Waals surface area contributed by atoms with Crippen molar-refractivity contribution in [1.82, 2.24) is 4.90 Å². The zero-order valence-electron chi connectivity index (χ0n) is 14.7. The summed E-state index contributed by atoms with van der Waals surface area (Å²) in [5.74, 6) is 0.776. The molecule has 0 saturated carbocycles. The number of piperidine rings is 1. The average Bonchev–Trinajstić information content (AvgIpc) is 2.39. The summed E-state index contributed by atoms with van der Waals surface area (Å²) in [6.45, 7) is 16.6. The van der Waals surface area contributed by atoms with E-state index in [1.807, 2.05) is 0 Å². The average molecular weight is 283 g/mol. The molecule has 20 heavy (non-hydrogen) atoms. The second-order valence-corrected chi connectivity index (χ2v) is 8.29. The Morgan fingerprint density at radius 1 is 1.15 bits per heavy atom. The van der Waals surface area contributed by atoms with Gasteiger partial charge in [0.05, 0.1) is 0 Å². The third-order valence-corrected chi connectivity index (χ3v) is 5.68. The highest BCUT2D eigenvalue weighted by atomic mass is 15.1. The second kappa shape index (κ2) is 7.79. The fourth-order valence-corrected chi connectivity index (χ4v) is 3.44. The van der Waals surface area contributed by atoms with Gasteiger partial charge in [-0.1, -0.05) is 41.0 Å². The first-order valence-corrected chi connectivity index (χ1v) is 8.73. The predicted molar refractivity (Wildman–Crippen MR) is 89.9 cm³/mol. The second-order valence-electron chi connectivity index (χ2n) is 8.29. The standard InChI is InChI=1S/C18H38N2/c1-6-18(5)10-14-20(15-11-18)13-7-8-16(9-12-19)17(2,3)4/h16H,6-15,19H2,1-5H3. The quantitative estimate of drug-likeness (QED) is 0.755. The first-order valence-electron chi connectivity index (χ1n) is 8.73. The summed E-state index contributed by atoms with van der Waals surface area (Å²) in [5, 5.41) is 0. The van der Waals surface area contributed by atoms with E-state index in [0.717, 1.165) is 12.5 Å². The summed E-state index contributed by atoms with van der Waals surface area (Å²) in [7, 11) is 0. The van der Waals surface area contributed by atoms with Crippen molar-refractivity contribution in [3.05, 3.63) is 0 Å². The molecule has 0 aliphatic carbocycles. The molecule has 1 aliphatic heterocycles. The van der Waals surface area contributed by atoms with Crippen LogP contribution in [0, 0.1) is 16.7 Å². The number of rotatable bonds is 7. The molecule has 2 heteroatoms. The van der Waals surface area contributed by atoms with E-state index < -0.39 is 0 Å². The molecule has 0 aromatic heterocycles. The van der Waals surface area contributed by atoms with Gasteiger partial charge in [-0.3, -0.25) is 0 Å². The number of hydrogen-bond acceptors (Lipinski definition) is 2. The lowest BCUT2D eigenvalue weighted by Crippen LogP contribution is -2.39. The molecule has 1 atom stereocenters. The zero-order valence-corrected chi connectivity index (χ0v) is 14.7. The maximum Gasteiger partial charge on any atom is -0.00135 e. The molecule has 1 heterocycles. The van der Waals surface area contributed by atoms with Gasteiger partial charge in [0.25, 0.3) is 0 Å². The van der Waals surface area contributed by atoms with Crippen LogP contribution in [0.3, 0.4) is 0 Å². The Kier molecular flexibility index (Phi) is 7.00. The molecule has 0 radical (unpaired) electrons. The van der Waals surface area contributed by atoms with Crippen molar-refractivity contribution in [1.29, 1.82) is 0 Å². The van der Waals surface area contributed by atoms with Crippen molar-refractivity contribution in [3.63, 3.8) is 0 Å². The van der Waals surface area contributed by atoms with Gasteiger partial charge in [0.1, 0.15) is 0 Å². The van der Waals surface area contributed by atoms with Crippen LogP contribution >= 0.6 is 0 Å². The van der Waals surface area contributed by atoms with Gasteiger partial charge >= 0.3 is 0 Å². The molecule has 120 valence electrons. The summed E-state index contributed by atoms with van der Waals surface area (Å²) in [6.07, 6.45) is 7.96. The summed E-state index contributed by atoms with van der Waals surface area (Å²) in [6, 6.07) is 0. The van der Waals surface area contributed by atoms with Gasteiger partial charge < -0.3 is 10.6 Å². The monoisotopic (exact) mass is 282 g/mol. The lowest BCUT2D eigenvalue weighted by atomic mass is 9.76. The van der Waals surface area contributed by atoms with Gasteiger partial charge in [-0.2, -0.15) is 0 Å². The maximum atomic E-state index is 5.78. The molecule has 0 bridgehead atoms. The van der Waals surface area contributed by atoms with Crippen LogP contribution < -0.4 is 5.73 Å². The molecule has 0 spiro atoms. The molecule has 2 N–H and O–H groups in total. The van der Waals surface area contributed by atoms with Crippen molar-refractivity contribution in [2.24, 2.45) is 22.5 Å². The minimum absolute atomic E-state index is 0.405. The van der Waals surface area contributed by atoms with Gasteiger partial charge in [0, 0.05) is 0 Å². The third-order valence-electron chi connectivity index (χ3n) is 5.68. The van der Waals surface area contributed by atoms with Crippen molar-refractivity contribution >= 4 is 0 Å². The number of nitrogens with two attached hydrogens (primary N) is 1. The minimum Gasteiger partial charge on any atom is -0.330 e. The molecule has 1 aliphatic rings. The van der Waals surface area contributed by atoms with Gasteiger partial charge in [0.2, 0.25) is 0 Å². The van der Waals surface area contributed by atoms with Gasteiger partial charge in [0.15, 0.2) is 0 Å². The van der Waals surface area contributed by atoms with Gasteiger partial charge in [-0.25, -0.2) is 0 Å². The summed E-state index contributed by atoms with van der Waals surface area (Å²) < 4.78 is 0. The van der Waals surface area contributed by atoms with Crippen LogP contribution in [0.15, 0.2) is 0 Å². The normalized spacial score (nSPS) is 21.9.